The SMILES string of the molecule is OCC1(C2(O)CCSC2)CCCOC1. The van der Waals surface area contributed by atoms with E-state index in [1.54, 1.807) is 11.8 Å². The third-order valence-corrected chi connectivity index (χ3v) is 4.79. The Hall–Kier alpha value is 0.230. The molecule has 0 aromatic rings. The Morgan fingerprint density at radius 2 is 2.21 bits per heavy atom. The lowest BCUT2D eigenvalue weighted by molar-refractivity contribution is -0.154. The van der Waals surface area contributed by atoms with E-state index in [-0.39, 0.29) is 6.61 Å². The molecule has 2 unspecified atom stereocenters. The van der Waals surface area contributed by atoms with Crippen LogP contribution in [0.1, 0.15) is 19.3 Å². The Labute approximate surface area is 88.8 Å². The smallest absolute Gasteiger partial charge is 0.0845 e. The molecular weight excluding hydrogens is 200 g/mol. The minimum atomic E-state index is -0.702. The monoisotopic (exact) mass is 218 g/mol. The van der Waals surface area contributed by atoms with Crippen molar-refractivity contribution in [1.29, 1.82) is 0 Å². The lowest BCUT2D eigenvalue weighted by Crippen LogP contribution is -2.55. The Morgan fingerprint density at radius 3 is 2.71 bits per heavy atom. The van der Waals surface area contributed by atoms with E-state index in [0.29, 0.717) is 6.61 Å². The summed E-state index contributed by atoms with van der Waals surface area (Å²) in [6.07, 6.45) is 2.63. The average molecular weight is 218 g/mol. The van der Waals surface area contributed by atoms with Crippen molar-refractivity contribution in [3.05, 3.63) is 0 Å². The van der Waals surface area contributed by atoms with E-state index in [1.165, 1.54) is 0 Å². The van der Waals surface area contributed by atoms with Crippen molar-refractivity contribution in [2.24, 2.45) is 5.41 Å². The van der Waals surface area contributed by atoms with Crippen molar-refractivity contribution in [3.8, 4) is 0 Å². The number of thioether (sulfide) groups is 1. The maximum Gasteiger partial charge on any atom is 0.0845 e. The van der Waals surface area contributed by atoms with E-state index in [0.717, 1.165) is 37.4 Å². The van der Waals surface area contributed by atoms with E-state index < -0.39 is 11.0 Å². The summed E-state index contributed by atoms with van der Waals surface area (Å²) in [5.41, 5.74) is -1.10. The van der Waals surface area contributed by atoms with Gasteiger partial charge in [-0.15, -0.1) is 0 Å². The van der Waals surface area contributed by atoms with Gasteiger partial charge in [0.15, 0.2) is 0 Å². The second-order valence-corrected chi connectivity index (χ2v) is 5.53. The summed E-state index contributed by atoms with van der Waals surface area (Å²) in [6, 6.07) is 0. The first kappa shape index (κ1) is 10.7. The third kappa shape index (κ3) is 1.58. The van der Waals surface area contributed by atoms with Crippen LogP contribution in [0.5, 0.6) is 0 Å². The molecule has 0 spiro atoms. The fourth-order valence-electron chi connectivity index (χ4n) is 2.46. The van der Waals surface area contributed by atoms with Crippen LogP contribution in [0.25, 0.3) is 0 Å². The maximum absolute atomic E-state index is 10.5. The van der Waals surface area contributed by atoms with E-state index in [4.69, 9.17) is 4.74 Å². The molecule has 4 heteroatoms. The van der Waals surface area contributed by atoms with Gasteiger partial charge in [0, 0.05) is 17.8 Å². The number of ether oxygens (including phenoxy) is 1. The highest BCUT2D eigenvalue weighted by Crippen LogP contribution is 2.46. The van der Waals surface area contributed by atoms with Crippen LogP contribution < -0.4 is 0 Å². The molecule has 0 amide bonds. The number of aliphatic hydroxyl groups excluding tert-OH is 1. The van der Waals surface area contributed by atoms with Gasteiger partial charge in [-0.25, -0.2) is 0 Å². The highest BCUT2D eigenvalue weighted by molar-refractivity contribution is 7.99. The van der Waals surface area contributed by atoms with Crippen LogP contribution in [0.3, 0.4) is 0 Å². The van der Waals surface area contributed by atoms with Crippen molar-refractivity contribution in [2.75, 3.05) is 31.3 Å². The summed E-state index contributed by atoms with van der Waals surface area (Å²) in [6.45, 7) is 1.33. The molecule has 2 aliphatic rings. The average Bonchev–Trinajstić information content (AvgIpc) is 2.68. The number of hydrogen-bond acceptors (Lipinski definition) is 4. The summed E-state index contributed by atoms with van der Waals surface area (Å²) in [5.74, 6) is 1.75. The van der Waals surface area contributed by atoms with E-state index in [1.807, 2.05) is 0 Å². The molecule has 2 aliphatic heterocycles. The van der Waals surface area contributed by atoms with Crippen LogP contribution in [0, 0.1) is 5.41 Å². The Morgan fingerprint density at radius 1 is 1.36 bits per heavy atom. The molecule has 0 aromatic heterocycles. The van der Waals surface area contributed by atoms with Crippen molar-refractivity contribution in [2.45, 2.75) is 24.9 Å². The van der Waals surface area contributed by atoms with Crippen molar-refractivity contribution >= 4 is 11.8 Å². The van der Waals surface area contributed by atoms with Gasteiger partial charge in [0.05, 0.1) is 18.8 Å². The second-order valence-electron chi connectivity index (χ2n) is 4.43. The van der Waals surface area contributed by atoms with Gasteiger partial charge in [0.1, 0.15) is 0 Å². The predicted molar refractivity (Wildman–Crippen MR) is 56.5 cm³/mol. The van der Waals surface area contributed by atoms with Crippen LogP contribution in [0.4, 0.5) is 0 Å². The molecule has 2 N–H and O–H groups in total. The summed E-state index contributed by atoms with van der Waals surface area (Å²) < 4.78 is 5.42. The highest BCUT2D eigenvalue weighted by atomic mass is 32.2. The normalized spacial score (nSPS) is 44.1. The van der Waals surface area contributed by atoms with E-state index >= 15 is 0 Å². The minimum absolute atomic E-state index is 0.0457. The fourth-order valence-corrected chi connectivity index (χ4v) is 3.88. The van der Waals surface area contributed by atoms with Gasteiger partial charge in [-0.05, 0) is 25.0 Å². The van der Waals surface area contributed by atoms with Gasteiger partial charge in [0.25, 0.3) is 0 Å². The van der Waals surface area contributed by atoms with E-state index in [9.17, 15) is 10.2 Å². The summed E-state index contributed by atoms with van der Waals surface area (Å²) in [4.78, 5) is 0. The lowest BCUT2D eigenvalue weighted by atomic mass is 9.68. The molecule has 2 saturated heterocycles. The lowest BCUT2D eigenvalue weighted by Gasteiger charge is -2.46. The number of aliphatic hydroxyl groups is 2. The zero-order valence-corrected chi connectivity index (χ0v) is 9.18. The van der Waals surface area contributed by atoms with Gasteiger partial charge in [-0.3, -0.25) is 0 Å². The molecule has 14 heavy (non-hydrogen) atoms. The molecule has 0 aromatic carbocycles. The van der Waals surface area contributed by atoms with Gasteiger partial charge in [-0.1, -0.05) is 0 Å². The molecule has 2 heterocycles. The topological polar surface area (TPSA) is 49.7 Å². The number of hydrogen-bond donors (Lipinski definition) is 2. The van der Waals surface area contributed by atoms with Gasteiger partial charge >= 0.3 is 0 Å². The largest absolute Gasteiger partial charge is 0.396 e. The van der Waals surface area contributed by atoms with Crippen LogP contribution >= 0.6 is 11.8 Å². The Bertz CT molecular complexity index is 196. The van der Waals surface area contributed by atoms with E-state index in [2.05, 4.69) is 0 Å². The van der Waals surface area contributed by atoms with Crippen molar-refractivity contribution in [3.63, 3.8) is 0 Å². The zero-order chi connectivity index (χ0) is 10.1. The van der Waals surface area contributed by atoms with Crippen LogP contribution in [-0.4, -0.2) is 47.1 Å². The molecule has 0 saturated carbocycles. The predicted octanol–water partition coefficient (Wildman–Crippen LogP) is 0.643. The first-order valence-electron chi connectivity index (χ1n) is 5.21. The third-order valence-electron chi connectivity index (χ3n) is 3.61. The standard InChI is InChI=1S/C10H18O3S/c11-6-9(2-1-4-13-7-9)10(12)3-5-14-8-10/h11-12H,1-8H2. The quantitative estimate of drug-likeness (QED) is 0.714. The molecule has 2 atom stereocenters. The van der Waals surface area contributed by atoms with Crippen LogP contribution in [-0.2, 0) is 4.74 Å². The fraction of sp³-hybridized carbons (Fsp3) is 1.00. The molecular formula is C10H18O3S. The molecule has 0 bridgehead atoms. The zero-order valence-electron chi connectivity index (χ0n) is 8.37. The second kappa shape index (κ2) is 4.00. The molecule has 3 nitrogen and oxygen atoms in total. The van der Waals surface area contributed by atoms with Crippen molar-refractivity contribution in [1.82, 2.24) is 0 Å². The summed E-state index contributed by atoms with van der Waals surface area (Å²) in [7, 11) is 0. The van der Waals surface area contributed by atoms with Crippen molar-refractivity contribution < 1.29 is 14.9 Å². The van der Waals surface area contributed by atoms with Gasteiger partial charge in [-0.2, -0.15) is 11.8 Å². The molecule has 0 aliphatic carbocycles. The minimum Gasteiger partial charge on any atom is -0.396 e. The first-order chi connectivity index (χ1) is 6.72. The molecule has 82 valence electrons. The highest BCUT2D eigenvalue weighted by Gasteiger charge is 2.52. The van der Waals surface area contributed by atoms with Gasteiger partial charge < -0.3 is 14.9 Å². The summed E-state index contributed by atoms with van der Waals surface area (Å²) in [5, 5.41) is 20.0. The first-order valence-corrected chi connectivity index (χ1v) is 6.37. The summed E-state index contributed by atoms with van der Waals surface area (Å²) >= 11 is 1.77. The van der Waals surface area contributed by atoms with Gasteiger partial charge in [0.2, 0.25) is 0 Å². The van der Waals surface area contributed by atoms with Crippen LogP contribution in [0.2, 0.25) is 0 Å². The Kier molecular flexibility index (Phi) is 3.07. The maximum atomic E-state index is 10.5. The number of rotatable bonds is 2. The van der Waals surface area contributed by atoms with Crippen LogP contribution in [0.15, 0.2) is 0 Å². The Balaban J connectivity index is 2.16. The molecule has 0 radical (unpaired) electrons. The molecule has 2 fully saturated rings. The molecule has 2 rings (SSSR count).